The highest BCUT2D eigenvalue weighted by Gasteiger charge is 2.38. The number of rotatable bonds is 2. The van der Waals surface area contributed by atoms with Crippen LogP contribution in [0.25, 0.3) is 0 Å². The third kappa shape index (κ3) is 2.08. The maximum absolute atomic E-state index is 5.67. The van der Waals surface area contributed by atoms with Gasteiger partial charge in [-0.25, -0.2) is 0 Å². The second-order valence-corrected chi connectivity index (χ2v) is 4.70. The molecule has 2 saturated heterocycles. The molecule has 2 unspecified atom stereocenters. The fourth-order valence-electron chi connectivity index (χ4n) is 2.26. The zero-order chi connectivity index (χ0) is 11.7. The number of morpholine rings is 1. The molecule has 94 valence electrons. The van der Waals surface area contributed by atoms with Crippen molar-refractivity contribution >= 4 is 0 Å². The molecule has 1 aromatic rings. The van der Waals surface area contributed by atoms with Crippen LogP contribution < -0.4 is 5.32 Å². The Balaban J connectivity index is 1.77. The second kappa shape index (κ2) is 4.36. The summed E-state index contributed by atoms with van der Waals surface area (Å²) in [7, 11) is 0. The summed E-state index contributed by atoms with van der Waals surface area (Å²) < 4.78 is 16.6. The molecule has 0 bridgehead atoms. The van der Waals surface area contributed by atoms with E-state index < -0.39 is 5.60 Å². The summed E-state index contributed by atoms with van der Waals surface area (Å²) >= 11 is 0. The summed E-state index contributed by atoms with van der Waals surface area (Å²) in [6, 6.07) is 0. The van der Waals surface area contributed by atoms with E-state index >= 15 is 0 Å². The van der Waals surface area contributed by atoms with Crippen molar-refractivity contribution in [3.8, 4) is 0 Å². The lowest BCUT2D eigenvalue weighted by Gasteiger charge is -2.20. The SMILES string of the molecule is CC1(c2nc(C3CNCCO3)no2)CCCO1. The van der Waals surface area contributed by atoms with E-state index in [0.29, 0.717) is 18.3 Å². The van der Waals surface area contributed by atoms with Crippen LogP contribution >= 0.6 is 0 Å². The molecule has 2 aliphatic rings. The normalized spacial score (nSPS) is 34.1. The molecule has 0 aliphatic carbocycles. The fraction of sp³-hybridized carbons (Fsp3) is 0.818. The molecule has 17 heavy (non-hydrogen) atoms. The van der Waals surface area contributed by atoms with Crippen LogP contribution in [0.4, 0.5) is 0 Å². The van der Waals surface area contributed by atoms with Gasteiger partial charge in [-0.15, -0.1) is 0 Å². The van der Waals surface area contributed by atoms with E-state index in [1.54, 1.807) is 0 Å². The van der Waals surface area contributed by atoms with Gasteiger partial charge in [0.05, 0.1) is 6.61 Å². The first-order valence-corrected chi connectivity index (χ1v) is 6.08. The van der Waals surface area contributed by atoms with Crippen LogP contribution in [-0.2, 0) is 15.1 Å². The molecular weight excluding hydrogens is 222 g/mol. The van der Waals surface area contributed by atoms with Gasteiger partial charge < -0.3 is 19.3 Å². The Labute approximate surface area is 99.7 Å². The van der Waals surface area contributed by atoms with Gasteiger partial charge in [0.1, 0.15) is 11.7 Å². The van der Waals surface area contributed by atoms with E-state index in [1.165, 1.54) is 0 Å². The van der Waals surface area contributed by atoms with Crippen molar-refractivity contribution in [3.63, 3.8) is 0 Å². The number of hydrogen-bond acceptors (Lipinski definition) is 6. The van der Waals surface area contributed by atoms with Crippen molar-refractivity contribution in [3.05, 3.63) is 11.7 Å². The van der Waals surface area contributed by atoms with Gasteiger partial charge in [-0.3, -0.25) is 0 Å². The Morgan fingerprint density at radius 3 is 3.06 bits per heavy atom. The average molecular weight is 239 g/mol. The van der Waals surface area contributed by atoms with Crippen molar-refractivity contribution in [1.82, 2.24) is 15.5 Å². The van der Waals surface area contributed by atoms with E-state index in [4.69, 9.17) is 14.0 Å². The third-order valence-electron chi connectivity index (χ3n) is 3.33. The predicted molar refractivity (Wildman–Crippen MR) is 58.4 cm³/mol. The van der Waals surface area contributed by atoms with Crippen molar-refractivity contribution in [2.45, 2.75) is 31.5 Å². The summed E-state index contributed by atoms with van der Waals surface area (Å²) in [6.45, 7) is 5.05. The van der Waals surface area contributed by atoms with E-state index in [1.807, 2.05) is 6.92 Å². The third-order valence-corrected chi connectivity index (χ3v) is 3.33. The molecule has 0 amide bonds. The summed E-state index contributed by atoms with van der Waals surface area (Å²) in [5.41, 5.74) is -0.409. The van der Waals surface area contributed by atoms with Crippen LogP contribution in [-0.4, -0.2) is 36.4 Å². The smallest absolute Gasteiger partial charge is 0.258 e. The first kappa shape index (κ1) is 11.1. The minimum atomic E-state index is -0.409. The topological polar surface area (TPSA) is 69.4 Å². The highest BCUT2D eigenvalue weighted by Crippen LogP contribution is 2.34. The number of nitrogens with one attached hydrogen (secondary N) is 1. The van der Waals surface area contributed by atoms with Gasteiger partial charge in [-0.2, -0.15) is 4.98 Å². The zero-order valence-corrected chi connectivity index (χ0v) is 9.94. The van der Waals surface area contributed by atoms with Gasteiger partial charge in [-0.1, -0.05) is 5.16 Å². The van der Waals surface area contributed by atoms with Gasteiger partial charge in [0.2, 0.25) is 5.82 Å². The van der Waals surface area contributed by atoms with Gasteiger partial charge in [0.15, 0.2) is 0 Å². The molecular formula is C11H17N3O3. The van der Waals surface area contributed by atoms with E-state index in [2.05, 4.69) is 15.5 Å². The van der Waals surface area contributed by atoms with Crippen LogP contribution in [0.1, 0.15) is 37.6 Å². The van der Waals surface area contributed by atoms with Gasteiger partial charge in [0.25, 0.3) is 5.89 Å². The highest BCUT2D eigenvalue weighted by atomic mass is 16.5. The van der Waals surface area contributed by atoms with E-state index in [0.717, 1.165) is 32.5 Å². The Morgan fingerprint density at radius 2 is 2.35 bits per heavy atom. The number of hydrogen-bond donors (Lipinski definition) is 1. The summed E-state index contributed by atoms with van der Waals surface area (Å²) in [5, 5.41) is 7.24. The Morgan fingerprint density at radius 1 is 1.41 bits per heavy atom. The van der Waals surface area contributed by atoms with Crippen molar-refractivity contribution in [1.29, 1.82) is 0 Å². The molecule has 2 aliphatic heterocycles. The van der Waals surface area contributed by atoms with Crippen molar-refractivity contribution < 1.29 is 14.0 Å². The van der Waals surface area contributed by atoms with Gasteiger partial charge >= 0.3 is 0 Å². The lowest BCUT2D eigenvalue weighted by Crippen LogP contribution is -2.34. The molecule has 0 aromatic carbocycles. The molecule has 2 fully saturated rings. The number of nitrogens with zero attached hydrogens (tertiary/aromatic N) is 2. The van der Waals surface area contributed by atoms with Gasteiger partial charge in [-0.05, 0) is 19.8 Å². The highest BCUT2D eigenvalue weighted by molar-refractivity contribution is 5.02. The molecule has 0 radical (unpaired) electrons. The molecule has 0 spiro atoms. The maximum Gasteiger partial charge on any atom is 0.258 e. The van der Waals surface area contributed by atoms with Crippen molar-refractivity contribution in [2.24, 2.45) is 0 Å². The minimum absolute atomic E-state index is 0.105. The van der Waals surface area contributed by atoms with Gasteiger partial charge in [0, 0.05) is 19.7 Å². The van der Waals surface area contributed by atoms with E-state index in [9.17, 15) is 0 Å². The molecule has 3 heterocycles. The van der Waals surface area contributed by atoms with Crippen LogP contribution in [0.2, 0.25) is 0 Å². The second-order valence-electron chi connectivity index (χ2n) is 4.70. The number of aromatic nitrogens is 2. The predicted octanol–water partition coefficient (Wildman–Crippen LogP) is 0.756. The lowest BCUT2D eigenvalue weighted by atomic mass is 10.0. The molecule has 2 atom stereocenters. The van der Waals surface area contributed by atoms with Crippen LogP contribution in [0.5, 0.6) is 0 Å². The zero-order valence-electron chi connectivity index (χ0n) is 9.94. The number of ether oxygens (including phenoxy) is 2. The minimum Gasteiger partial charge on any atom is -0.367 e. The largest absolute Gasteiger partial charge is 0.367 e. The lowest BCUT2D eigenvalue weighted by molar-refractivity contribution is -0.00938. The molecule has 6 heteroatoms. The molecule has 3 rings (SSSR count). The maximum atomic E-state index is 5.67. The quantitative estimate of drug-likeness (QED) is 0.821. The summed E-state index contributed by atoms with van der Waals surface area (Å²) in [6.07, 6.45) is 1.86. The Kier molecular flexibility index (Phi) is 2.85. The molecule has 6 nitrogen and oxygen atoms in total. The van der Waals surface area contributed by atoms with Crippen molar-refractivity contribution in [2.75, 3.05) is 26.3 Å². The Bertz CT molecular complexity index is 381. The molecule has 0 saturated carbocycles. The fourth-order valence-corrected chi connectivity index (χ4v) is 2.26. The average Bonchev–Trinajstić information content (AvgIpc) is 2.99. The van der Waals surface area contributed by atoms with E-state index in [-0.39, 0.29) is 6.10 Å². The summed E-state index contributed by atoms with van der Waals surface area (Å²) in [5.74, 6) is 1.18. The molecule has 1 aromatic heterocycles. The van der Waals surface area contributed by atoms with Crippen LogP contribution in [0.3, 0.4) is 0 Å². The standard InChI is InChI=1S/C11H17N3O3/c1-11(3-2-5-16-11)10-13-9(14-17-10)8-7-12-4-6-15-8/h8,12H,2-7H2,1H3. The Hall–Kier alpha value is -0.980. The van der Waals surface area contributed by atoms with Crippen LogP contribution in [0, 0.1) is 0 Å². The molecule has 1 N–H and O–H groups in total. The van der Waals surface area contributed by atoms with Crippen LogP contribution in [0.15, 0.2) is 4.52 Å². The monoisotopic (exact) mass is 239 g/mol. The first-order chi connectivity index (χ1) is 8.28. The summed E-state index contributed by atoms with van der Waals surface area (Å²) in [4.78, 5) is 4.42. The first-order valence-electron chi connectivity index (χ1n) is 6.08.